The van der Waals surface area contributed by atoms with E-state index in [1.807, 2.05) is 0 Å². The number of nitrogens with zero attached hydrogens (tertiary/aromatic N) is 2. The summed E-state index contributed by atoms with van der Waals surface area (Å²) in [6.07, 6.45) is 1.42. The molecule has 7 nitrogen and oxygen atoms in total. The maximum absolute atomic E-state index is 13.4. The van der Waals surface area contributed by atoms with E-state index < -0.39 is 27.6 Å². The third-order valence-corrected chi connectivity index (χ3v) is 5.70. The minimum absolute atomic E-state index is 0.0250. The first-order chi connectivity index (χ1) is 13.1. The Balaban J connectivity index is 2.12. The summed E-state index contributed by atoms with van der Waals surface area (Å²) in [5.74, 6) is -2.84. The number of aromatic nitrogens is 2. The number of carbonyl (C=O) groups is 1. The number of hydrogen-bond donors (Lipinski definition) is 2. The predicted octanol–water partition coefficient (Wildman–Crippen LogP) is 2.79. The zero-order chi connectivity index (χ0) is 20.6. The van der Waals surface area contributed by atoms with Crippen LogP contribution in [-0.4, -0.2) is 29.9 Å². The van der Waals surface area contributed by atoms with Crippen molar-refractivity contribution in [1.29, 1.82) is 0 Å². The number of halogens is 2. The summed E-state index contributed by atoms with van der Waals surface area (Å²) >= 11 is 0. The van der Waals surface area contributed by atoms with Gasteiger partial charge in [-0.1, -0.05) is 0 Å². The molecule has 1 aromatic carbocycles. The Labute approximate surface area is 160 Å². The number of benzene rings is 1. The molecule has 0 fully saturated rings. The van der Waals surface area contributed by atoms with Crippen molar-refractivity contribution in [2.24, 2.45) is 7.05 Å². The first kappa shape index (κ1) is 19.9. The molecule has 148 valence electrons. The number of hydrogen-bond acceptors (Lipinski definition) is 4. The maximum Gasteiger partial charge on any atom is 0.273 e. The van der Waals surface area contributed by atoms with E-state index in [2.05, 4.69) is 15.0 Å². The maximum atomic E-state index is 13.4. The number of carbonyl (C=O) groups excluding carboxylic acids is 1. The molecule has 0 saturated carbocycles. The molecule has 28 heavy (non-hydrogen) atoms. The molecule has 1 amide bonds. The van der Waals surface area contributed by atoms with Crippen molar-refractivity contribution in [2.45, 2.75) is 24.9 Å². The summed E-state index contributed by atoms with van der Waals surface area (Å²) < 4.78 is 55.7. The average molecular weight is 408 g/mol. The van der Waals surface area contributed by atoms with Crippen LogP contribution in [0.5, 0.6) is 0 Å². The molecule has 3 aromatic rings. The summed E-state index contributed by atoms with van der Waals surface area (Å²) in [7, 11) is -2.53. The molecule has 0 radical (unpaired) electrons. The van der Waals surface area contributed by atoms with Crippen molar-refractivity contribution in [2.75, 3.05) is 5.32 Å². The summed E-state index contributed by atoms with van der Waals surface area (Å²) in [6.45, 7) is 3.35. The lowest BCUT2D eigenvalue weighted by molar-refractivity contribution is 0.102. The van der Waals surface area contributed by atoms with Crippen LogP contribution in [0.15, 0.2) is 41.6 Å². The molecule has 2 heterocycles. The topological polar surface area (TPSA) is 93.1 Å². The van der Waals surface area contributed by atoms with Crippen LogP contribution in [0.3, 0.4) is 0 Å². The molecule has 10 heteroatoms. The highest BCUT2D eigenvalue weighted by Gasteiger charge is 2.29. The van der Waals surface area contributed by atoms with Gasteiger partial charge in [-0.05, 0) is 38.1 Å². The summed E-state index contributed by atoms with van der Waals surface area (Å²) in [5, 5.41) is 2.61. The van der Waals surface area contributed by atoms with Crippen LogP contribution in [0.25, 0.3) is 10.9 Å². The van der Waals surface area contributed by atoms with E-state index >= 15 is 0 Å². The molecule has 2 aromatic heterocycles. The molecule has 0 bridgehead atoms. The fraction of sp³-hybridized carbons (Fsp3) is 0.222. The highest BCUT2D eigenvalue weighted by Crippen LogP contribution is 2.28. The fourth-order valence-corrected chi connectivity index (χ4v) is 4.52. The first-order valence-corrected chi connectivity index (χ1v) is 9.82. The largest absolute Gasteiger partial charge is 0.327 e. The number of fused-ring (bicyclic) bond motifs is 1. The van der Waals surface area contributed by atoms with Gasteiger partial charge in [0, 0.05) is 36.4 Å². The van der Waals surface area contributed by atoms with Crippen molar-refractivity contribution in [3.05, 3.63) is 53.9 Å². The zero-order valence-electron chi connectivity index (χ0n) is 15.3. The molecule has 3 rings (SSSR count). The SMILES string of the molecule is CC(C)NS(=O)(=O)c1c2ncccc2c(C(=O)Nc2ccc(F)c(F)c2)n1C. The summed E-state index contributed by atoms with van der Waals surface area (Å²) in [5.41, 5.74) is 0.192. The lowest BCUT2D eigenvalue weighted by Gasteiger charge is -2.12. The molecule has 0 atom stereocenters. The highest BCUT2D eigenvalue weighted by atomic mass is 32.2. The molecular formula is C18H18F2N4O3S. The third-order valence-electron chi connectivity index (χ3n) is 3.94. The molecule has 0 aliphatic heterocycles. The molecule has 0 aliphatic carbocycles. The lowest BCUT2D eigenvalue weighted by Crippen LogP contribution is -2.32. The van der Waals surface area contributed by atoms with Crippen LogP contribution in [0.2, 0.25) is 0 Å². The standard InChI is InChI=1S/C18H18F2N4O3S/c1-10(2)23-28(26,27)18-15-12(5-4-8-21-15)16(24(18)3)17(25)22-11-6-7-13(19)14(20)9-11/h4-10,23H,1-3H3,(H,22,25). The van der Waals surface area contributed by atoms with Gasteiger partial charge in [-0.15, -0.1) is 0 Å². The van der Waals surface area contributed by atoms with Crippen LogP contribution in [0.1, 0.15) is 24.3 Å². The van der Waals surface area contributed by atoms with Gasteiger partial charge in [0.15, 0.2) is 16.7 Å². The van der Waals surface area contributed by atoms with Gasteiger partial charge in [-0.3, -0.25) is 9.78 Å². The molecular weight excluding hydrogens is 390 g/mol. The van der Waals surface area contributed by atoms with Gasteiger partial charge in [0.1, 0.15) is 11.2 Å². The van der Waals surface area contributed by atoms with E-state index in [1.54, 1.807) is 26.0 Å². The average Bonchev–Trinajstić information content (AvgIpc) is 2.89. The summed E-state index contributed by atoms with van der Waals surface area (Å²) in [4.78, 5) is 16.9. The van der Waals surface area contributed by atoms with E-state index in [1.165, 1.54) is 23.9 Å². The number of rotatable bonds is 5. The minimum Gasteiger partial charge on any atom is -0.327 e. The van der Waals surface area contributed by atoms with Crippen LogP contribution in [-0.2, 0) is 17.1 Å². The number of nitrogens with one attached hydrogen (secondary N) is 2. The quantitative estimate of drug-likeness (QED) is 0.679. The van der Waals surface area contributed by atoms with Gasteiger partial charge in [0.2, 0.25) is 0 Å². The lowest BCUT2D eigenvalue weighted by atomic mass is 10.2. The van der Waals surface area contributed by atoms with Crippen LogP contribution in [0.4, 0.5) is 14.5 Å². The molecule has 0 unspecified atom stereocenters. The third kappa shape index (κ3) is 3.60. The van der Waals surface area contributed by atoms with Crippen molar-refractivity contribution < 1.29 is 22.0 Å². The highest BCUT2D eigenvalue weighted by molar-refractivity contribution is 7.89. The normalized spacial score (nSPS) is 11.9. The Bertz CT molecular complexity index is 1170. The van der Waals surface area contributed by atoms with Crippen molar-refractivity contribution in [3.8, 4) is 0 Å². The number of anilines is 1. The zero-order valence-corrected chi connectivity index (χ0v) is 16.1. The second kappa shape index (κ2) is 7.28. The van der Waals surface area contributed by atoms with E-state index in [4.69, 9.17) is 0 Å². The molecule has 2 N–H and O–H groups in total. The number of sulfonamides is 1. The second-order valence-corrected chi connectivity index (χ2v) is 8.10. The van der Waals surface area contributed by atoms with Crippen LogP contribution in [0, 0.1) is 11.6 Å². The monoisotopic (exact) mass is 408 g/mol. The Kier molecular flexibility index (Phi) is 5.18. The van der Waals surface area contributed by atoms with Gasteiger partial charge in [0.25, 0.3) is 15.9 Å². The Morgan fingerprint density at radius 1 is 1.18 bits per heavy atom. The number of pyridine rings is 1. The Morgan fingerprint density at radius 3 is 2.54 bits per heavy atom. The van der Waals surface area contributed by atoms with E-state index in [0.717, 1.165) is 12.1 Å². The van der Waals surface area contributed by atoms with Crippen molar-refractivity contribution in [3.63, 3.8) is 0 Å². The smallest absolute Gasteiger partial charge is 0.273 e. The Hall–Kier alpha value is -2.85. The Morgan fingerprint density at radius 2 is 1.89 bits per heavy atom. The molecule has 0 spiro atoms. The van der Waals surface area contributed by atoms with Crippen molar-refractivity contribution >= 4 is 32.5 Å². The van der Waals surface area contributed by atoms with Crippen LogP contribution < -0.4 is 10.0 Å². The first-order valence-electron chi connectivity index (χ1n) is 8.34. The van der Waals surface area contributed by atoms with Gasteiger partial charge < -0.3 is 9.88 Å². The van der Waals surface area contributed by atoms with Gasteiger partial charge >= 0.3 is 0 Å². The predicted molar refractivity (Wildman–Crippen MR) is 100 cm³/mol. The molecule has 0 saturated heterocycles. The van der Waals surface area contributed by atoms with Gasteiger partial charge in [-0.25, -0.2) is 21.9 Å². The summed E-state index contributed by atoms with van der Waals surface area (Å²) in [6, 6.07) is 5.71. The molecule has 0 aliphatic rings. The number of amides is 1. The van der Waals surface area contributed by atoms with Gasteiger partial charge in [-0.2, -0.15) is 0 Å². The minimum atomic E-state index is -3.95. The van der Waals surface area contributed by atoms with Crippen LogP contribution >= 0.6 is 0 Å². The van der Waals surface area contributed by atoms with E-state index in [0.29, 0.717) is 5.39 Å². The fourth-order valence-electron chi connectivity index (χ4n) is 2.92. The van der Waals surface area contributed by atoms with E-state index in [-0.39, 0.29) is 28.0 Å². The van der Waals surface area contributed by atoms with Crippen molar-refractivity contribution in [1.82, 2.24) is 14.3 Å². The van der Waals surface area contributed by atoms with Gasteiger partial charge in [0.05, 0.1) is 0 Å². The van der Waals surface area contributed by atoms with E-state index in [9.17, 15) is 22.0 Å². The second-order valence-electron chi connectivity index (χ2n) is 6.47.